The van der Waals surface area contributed by atoms with Crippen LogP contribution in [0, 0.1) is 38.5 Å². The molecular formula is C42H36ClFIN5O6. The number of allylic oxidation sites excluding steroid dienone is 2. The fourth-order valence-corrected chi connectivity index (χ4v) is 9.84. The number of halogens is 3. The monoisotopic (exact) mass is 887 g/mol. The maximum Gasteiger partial charge on any atom is 0.241 e. The zero-order chi connectivity index (χ0) is 39.8. The molecular weight excluding hydrogens is 852 g/mol. The molecule has 6 atom stereocenters. The molecule has 4 aromatic rings. The number of carbonyl (C=O) groups is 4. The van der Waals surface area contributed by atoms with E-state index in [1.165, 1.54) is 24.1 Å². The zero-order valence-corrected chi connectivity index (χ0v) is 33.7. The first-order valence-electron chi connectivity index (χ1n) is 18.0. The van der Waals surface area contributed by atoms with Crippen LogP contribution in [0.5, 0.6) is 11.5 Å². The minimum atomic E-state index is -1.36. The van der Waals surface area contributed by atoms with Crippen LogP contribution in [0.25, 0.3) is 0 Å². The van der Waals surface area contributed by atoms with E-state index in [4.69, 9.17) is 16.3 Å². The molecule has 2 aliphatic heterocycles. The van der Waals surface area contributed by atoms with Gasteiger partial charge in [-0.05, 0) is 133 Å². The van der Waals surface area contributed by atoms with Crippen LogP contribution in [0.1, 0.15) is 31.2 Å². The van der Waals surface area contributed by atoms with Crippen LogP contribution in [-0.4, -0.2) is 49.9 Å². The van der Waals surface area contributed by atoms with E-state index in [0.717, 1.165) is 22.2 Å². The van der Waals surface area contributed by atoms with E-state index < -0.39 is 52.6 Å². The molecule has 0 radical (unpaired) electrons. The standard InChI is InChI=1S/C42H36ClFIN5O6/c1-42-30(39(53)50(41(42)55)26-13-16-32(44)31(43)19-26)20-29-27(36(42)21-17-33(45)37(51)34(18-21)56-4)14-15-28-35(29)40(54)49(38(28)52)25-11-7-23(8-12-25)47-46-22-5-9-24(10-6-22)48(2)3/h5-14,16-19,28-30,35-36,51H,15,20H2,1-4H3. The number of phenols is 1. The van der Waals surface area contributed by atoms with Gasteiger partial charge in [0.25, 0.3) is 0 Å². The van der Waals surface area contributed by atoms with Crippen LogP contribution < -0.4 is 19.4 Å². The summed E-state index contributed by atoms with van der Waals surface area (Å²) in [5.74, 6) is -6.01. The summed E-state index contributed by atoms with van der Waals surface area (Å²) in [4.78, 5) is 62.2. The van der Waals surface area contributed by atoms with E-state index >= 15 is 0 Å². The van der Waals surface area contributed by atoms with Crippen molar-refractivity contribution in [3.63, 3.8) is 0 Å². The van der Waals surface area contributed by atoms with Gasteiger partial charge in [0.15, 0.2) is 11.5 Å². The second kappa shape index (κ2) is 14.1. The van der Waals surface area contributed by atoms with E-state index in [2.05, 4.69) is 10.2 Å². The van der Waals surface area contributed by atoms with Gasteiger partial charge < -0.3 is 14.7 Å². The normalized spacial score (nSPS) is 25.7. The first-order valence-corrected chi connectivity index (χ1v) is 19.5. The molecule has 4 aliphatic rings. The highest BCUT2D eigenvalue weighted by Gasteiger charge is 2.67. The Labute approximate surface area is 340 Å². The number of rotatable bonds is 7. The van der Waals surface area contributed by atoms with Gasteiger partial charge >= 0.3 is 0 Å². The lowest BCUT2D eigenvalue weighted by Gasteiger charge is -2.49. The molecule has 11 nitrogen and oxygen atoms in total. The maximum absolute atomic E-state index is 14.7. The molecule has 14 heteroatoms. The predicted molar refractivity (Wildman–Crippen MR) is 217 cm³/mol. The number of hydrogen-bond donors (Lipinski definition) is 1. The first kappa shape index (κ1) is 37.8. The molecule has 8 rings (SSSR count). The number of benzene rings is 4. The Hall–Kier alpha value is -5.15. The molecule has 56 heavy (non-hydrogen) atoms. The molecule has 2 aliphatic carbocycles. The van der Waals surface area contributed by atoms with Gasteiger partial charge in [-0.15, -0.1) is 0 Å². The number of nitrogens with zero attached hydrogens (tertiary/aromatic N) is 5. The van der Waals surface area contributed by atoms with E-state index in [1.807, 2.05) is 71.9 Å². The molecule has 2 saturated heterocycles. The lowest BCUT2D eigenvalue weighted by molar-refractivity contribution is -0.131. The van der Waals surface area contributed by atoms with Crippen molar-refractivity contribution < 1.29 is 33.4 Å². The Balaban J connectivity index is 1.15. The van der Waals surface area contributed by atoms with Crippen LogP contribution >= 0.6 is 34.2 Å². The van der Waals surface area contributed by atoms with Crippen molar-refractivity contribution in [2.24, 2.45) is 39.3 Å². The highest BCUT2D eigenvalue weighted by atomic mass is 127. The van der Waals surface area contributed by atoms with Gasteiger partial charge in [0, 0.05) is 25.7 Å². The van der Waals surface area contributed by atoms with Gasteiger partial charge in [-0.3, -0.25) is 24.1 Å². The summed E-state index contributed by atoms with van der Waals surface area (Å²) < 4.78 is 20.2. The van der Waals surface area contributed by atoms with E-state index in [-0.39, 0.29) is 46.9 Å². The number of phenolic OH excluding ortho intramolecular Hbond substituents is 1. The number of hydrogen-bond acceptors (Lipinski definition) is 9. The highest BCUT2D eigenvalue weighted by Crippen LogP contribution is 2.64. The van der Waals surface area contributed by atoms with Crippen molar-refractivity contribution in [3.05, 3.63) is 110 Å². The van der Waals surface area contributed by atoms with E-state index in [1.54, 1.807) is 43.3 Å². The van der Waals surface area contributed by atoms with Crippen molar-refractivity contribution in [2.75, 3.05) is 35.9 Å². The number of methoxy groups -OCH3 is 1. The Morgan fingerprint density at radius 1 is 0.875 bits per heavy atom. The quantitative estimate of drug-likeness (QED) is 0.0850. The zero-order valence-electron chi connectivity index (χ0n) is 30.7. The summed E-state index contributed by atoms with van der Waals surface area (Å²) in [5.41, 5.74) is 2.79. The number of azo groups is 1. The molecule has 1 saturated carbocycles. The summed E-state index contributed by atoms with van der Waals surface area (Å²) in [5, 5.41) is 19.2. The van der Waals surface area contributed by atoms with Crippen molar-refractivity contribution in [3.8, 4) is 11.5 Å². The SMILES string of the molecule is COc1cc(C2C3=CCC4C(=O)N(c5ccc(N=Nc6ccc(N(C)C)cc6)cc5)C(=O)C4C3CC3C(=O)N(c4ccc(F)c(Cl)c4)C(=O)C32C)cc(I)c1O. The summed E-state index contributed by atoms with van der Waals surface area (Å²) in [6.07, 6.45) is 2.33. The molecule has 0 spiro atoms. The number of imide groups is 2. The van der Waals surface area contributed by atoms with E-state index in [0.29, 0.717) is 26.2 Å². The summed E-state index contributed by atoms with van der Waals surface area (Å²) in [6, 6.07) is 21.4. The number of aromatic hydroxyl groups is 1. The molecule has 0 bridgehead atoms. The summed E-state index contributed by atoms with van der Waals surface area (Å²) in [6.45, 7) is 1.74. The lowest BCUT2D eigenvalue weighted by Crippen LogP contribution is -2.48. The van der Waals surface area contributed by atoms with Crippen LogP contribution in [0.3, 0.4) is 0 Å². The third kappa shape index (κ3) is 5.89. The fourth-order valence-electron chi connectivity index (χ4n) is 9.04. The van der Waals surface area contributed by atoms with Gasteiger partial charge in [-0.2, -0.15) is 10.2 Å². The van der Waals surface area contributed by atoms with Gasteiger partial charge in [-0.1, -0.05) is 23.3 Å². The molecule has 2 heterocycles. The van der Waals surface area contributed by atoms with Gasteiger partial charge in [0.1, 0.15) is 5.82 Å². The third-order valence-electron chi connectivity index (χ3n) is 11.8. The second-order valence-corrected chi connectivity index (χ2v) is 16.5. The Morgan fingerprint density at radius 2 is 1.52 bits per heavy atom. The number of carbonyl (C=O) groups excluding carboxylic acids is 4. The molecule has 286 valence electrons. The third-order valence-corrected chi connectivity index (χ3v) is 12.9. The summed E-state index contributed by atoms with van der Waals surface area (Å²) in [7, 11) is 5.33. The van der Waals surface area contributed by atoms with Crippen LogP contribution in [-0.2, 0) is 19.2 Å². The molecule has 4 aromatic carbocycles. The average molecular weight is 888 g/mol. The Bertz CT molecular complexity index is 2390. The second-order valence-electron chi connectivity index (χ2n) is 15.0. The molecule has 6 unspecified atom stereocenters. The van der Waals surface area contributed by atoms with Crippen molar-refractivity contribution in [1.29, 1.82) is 0 Å². The molecule has 3 fully saturated rings. The maximum atomic E-state index is 14.7. The average Bonchev–Trinajstić information content (AvgIpc) is 3.55. The van der Waals surface area contributed by atoms with Gasteiger partial charge in [0.05, 0.1) is 61.6 Å². The fraction of sp³-hybridized carbons (Fsp3) is 0.286. The van der Waals surface area contributed by atoms with Gasteiger partial charge in [0.2, 0.25) is 23.6 Å². The lowest BCUT2D eigenvalue weighted by atomic mass is 9.51. The first-order chi connectivity index (χ1) is 26.7. The van der Waals surface area contributed by atoms with Crippen LogP contribution in [0.15, 0.2) is 101 Å². The topological polar surface area (TPSA) is 132 Å². The smallest absolute Gasteiger partial charge is 0.241 e. The molecule has 0 aromatic heterocycles. The van der Waals surface area contributed by atoms with Crippen molar-refractivity contribution in [2.45, 2.75) is 25.7 Å². The number of fused-ring (bicyclic) bond motifs is 4. The van der Waals surface area contributed by atoms with Crippen LogP contribution in [0.4, 0.5) is 32.8 Å². The van der Waals surface area contributed by atoms with Gasteiger partial charge in [-0.25, -0.2) is 9.29 Å². The Morgan fingerprint density at radius 3 is 2.14 bits per heavy atom. The number of ether oxygens (including phenoxy) is 1. The summed E-state index contributed by atoms with van der Waals surface area (Å²) >= 11 is 8.11. The Kier molecular flexibility index (Phi) is 9.51. The predicted octanol–water partition coefficient (Wildman–Crippen LogP) is 8.71. The number of amides is 4. The molecule has 4 amide bonds. The van der Waals surface area contributed by atoms with Crippen molar-refractivity contribution >= 4 is 86.3 Å². The van der Waals surface area contributed by atoms with Crippen molar-refractivity contribution in [1.82, 2.24) is 0 Å². The minimum Gasteiger partial charge on any atom is -0.504 e. The van der Waals surface area contributed by atoms with E-state index in [9.17, 15) is 28.7 Å². The van der Waals surface area contributed by atoms with Crippen LogP contribution in [0.2, 0.25) is 5.02 Å². The largest absolute Gasteiger partial charge is 0.504 e. The number of anilines is 3. The minimum absolute atomic E-state index is 0.0710. The molecule has 1 N–H and O–H groups in total. The highest BCUT2D eigenvalue weighted by molar-refractivity contribution is 14.1.